The molecule has 4 aromatic rings. The van der Waals surface area contributed by atoms with E-state index in [0.717, 1.165) is 16.8 Å². The number of nitrogens with one attached hydrogen (secondary N) is 1. The smallest absolute Gasteiger partial charge is 0.263 e. The Hall–Kier alpha value is -3.08. The second-order valence-electron chi connectivity index (χ2n) is 6.67. The Kier molecular flexibility index (Phi) is 5.14. The number of rotatable bonds is 5. The maximum atomic E-state index is 13.1. The Morgan fingerprint density at radius 1 is 1.17 bits per heavy atom. The Labute approximate surface area is 176 Å². The van der Waals surface area contributed by atoms with Crippen LogP contribution in [0.4, 0.5) is 4.39 Å². The zero-order valence-electron chi connectivity index (χ0n) is 15.8. The molecule has 0 aliphatic rings. The summed E-state index contributed by atoms with van der Waals surface area (Å²) in [5, 5.41) is 7.91. The van der Waals surface area contributed by atoms with Crippen molar-refractivity contribution in [2.75, 3.05) is 0 Å². The Balaban J connectivity index is 1.50. The van der Waals surface area contributed by atoms with E-state index in [1.165, 1.54) is 35.6 Å². The molecule has 0 saturated heterocycles. The monoisotopic (exact) mass is 444 g/mol. The molecule has 2 aromatic heterocycles. The SMILES string of the molecule is Cc1c(C(=O)NCc2ccc(S(N)(=O)=O)cc2)sc2nc(-c3ccc(F)cc3)cn12. The highest BCUT2D eigenvalue weighted by Gasteiger charge is 2.18. The van der Waals surface area contributed by atoms with Crippen LogP contribution in [0.25, 0.3) is 16.2 Å². The first-order valence-electron chi connectivity index (χ1n) is 8.87. The topological polar surface area (TPSA) is 107 Å². The van der Waals surface area contributed by atoms with Gasteiger partial charge in [0.25, 0.3) is 5.91 Å². The number of carbonyl (C=O) groups excluding carboxylic acids is 1. The van der Waals surface area contributed by atoms with Crippen molar-refractivity contribution in [3.05, 3.63) is 76.7 Å². The molecule has 0 unspecified atom stereocenters. The molecule has 2 aromatic carbocycles. The molecule has 2 heterocycles. The zero-order valence-corrected chi connectivity index (χ0v) is 17.4. The number of primary sulfonamides is 1. The fourth-order valence-corrected chi connectivity index (χ4v) is 4.52. The summed E-state index contributed by atoms with van der Waals surface area (Å²) in [6, 6.07) is 12.1. The summed E-state index contributed by atoms with van der Waals surface area (Å²) in [6.07, 6.45) is 1.82. The van der Waals surface area contributed by atoms with Crippen LogP contribution in [0.15, 0.2) is 59.6 Å². The molecule has 10 heteroatoms. The number of thiazole rings is 1. The minimum absolute atomic E-state index is 0.0184. The van der Waals surface area contributed by atoms with E-state index >= 15 is 0 Å². The minimum atomic E-state index is -3.75. The van der Waals surface area contributed by atoms with Gasteiger partial charge in [-0.3, -0.25) is 9.20 Å². The third kappa shape index (κ3) is 3.97. The molecule has 0 aliphatic heterocycles. The maximum Gasteiger partial charge on any atom is 0.263 e. The molecule has 0 saturated carbocycles. The van der Waals surface area contributed by atoms with Gasteiger partial charge in [0.1, 0.15) is 10.7 Å². The third-order valence-corrected chi connectivity index (χ3v) is 6.69. The highest BCUT2D eigenvalue weighted by Crippen LogP contribution is 2.27. The van der Waals surface area contributed by atoms with Crippen molar-refractivity contribution in [3.8, 4) is 11.3 Å². The molecule has 0 atom stereocenters. The van der Waals surface area contributed by atoms with E-state index in [1.54, 1.807) is 24.3 Å². The number of imidazole rings is 1. The fourth-order valence-electron chi connectivity index (χ4n) is 2.98. The van der Waals surface area contributed by atoms with Gasteiger partial charge in [-0.2, -0.15) is 0 Å². The molecule has 7 nitrogen and oxygen atoms in total. The van der Waals surface area contributed by atoms with Crippen molar-refractivity contribution < 1.29 is 17.6 Å². The lowest BCUT2D eigenvalue weighted by atomic mass is 10.2. The first kappa shape index (κ1) is 20.2. The van der Waals surface area contributed by atoms with Crippen molar-refractivity contribution in [2.24, 2.45) is 5.14 Å². The van der Waals surface area contributed by atoms with Crippen molar-refractivity contribution in [1.82, 2.24) is 14.7 Å². The van der Waals surface area contributed by atoms with Crippen molar-refractivity contribution >= 4 is 32.2 Å². The van der Waals surface area contributed by atoms with Gasteiger partial charge in [0.2, 0.25) is 10.0 Å². The normalized spacial score (nSPS) is 11.7. The molecular weight excluding hydrogens is 427 g/mol. The molecular formula is C20H17FN4O3S2. The van der Waals surface area contributed by atoms with Gasteiger partial charge in [-0.25, -0.2) is 22.9 Å². The van der Waals surface area contributed by atoms with Crippen LogP contribution in [0.5, 0.6) is 0 Å². The largest absolute Gasteiger partial charge is 0.347 e. The summed E-state index contributed by atoms with van der Waals surface area (Å²) < 4.78 is 37.6. The van der Waals surface area contributed by atoms with Gasteiger partial charge in [-0.05, 0) is 48.9 Å². The molecule has 0 fully saturated rings. The quantitative estimate of drug-likeness (QED) is 0.493. The van der Waals surface area contributed by atoms with Gasteiger partial charge in [-0.15, -0.1) is 0 Å². The fraction of sp³-hybridized carbons (Fsp3) is 0.100. The summed E-state index contributed by atoms with van der Waals surface area (Å²) >= 11 is 1.26. The molecule has 1 amide bonds. The molecule has 154 valence electrons. The van der Waals surface area contributed by atoms with Gasteiger partial charge >= 0.3 is 0 Å². The lowest BCUT2D eigenvalue weighted by molar-refractivity contribution is 0.0954. The molecule has 4 rings (SSSR count). The van der Waals surface area contributed by atoms with E-state index in [1.807, 2.05) is 17.5 Å². The number of hydrogen-bond acceptors (Lipinski definition) is 5. The van der Waals surface area contributed by atoms with Crippen molar-refractivity contribution in [1.29, 1.82) is 0 Å². The van der Waals surface area contributed by atoms with Gasteiger partial charge in [0.05, 0.1) is 10.6 Å². The zero-order chi connectivity index (χ0) is 21.5. The number of nitrogens with two attached hydrogens (primary N) is 1. The number of nitrogens with zero attached hydrogens (tertiary/aromatic N) is 2. The van der Waals surface area contributed by atoms with Crippen LogP contribution < -0.4 is 10.5 Å². The predicted molar refractivity (Wildman–Crippen MR) is 112 cm³/mol. The van der Waals surface area contributed by atoms with E-state index in [2.05, 4.69) is 10.3 Å². The van der Waals surface area contributed by atoms with E-state index in [0.29, 0.717) is 15.5 Å². The standard InChI is InChI=1S/C20H17FN4O3S2/c1-12-18(19(26)23-10-13-2-8-16(9-3-13)30(22,27)28)29-20-24-17(11-25(12)20)14-4-6-15(21)7-5-14/h2-9,11H,10H2,1H3,(H,23,26)(H2,22,27,28). The van der Waals surface area contributed by atoms with Crippen LogP contribution in [-0.4, -0.2) is 23.7 Å². The second kappa shape index (κ2) is 7.63. The summed E-state index contributed by atoms with van der Waals surface area (Å²) in [6.45, 7) is 2.07. The van der Waals surface area contributed by atoms with Crippen molar-refractivity contribution in [2.45, 2.75) is 18.4 Å². The molecule has 0 spiro atoms. The predicted octanol–water partition coefficient (Wildman–Crippen LogP) is 3.09. The summed E-state index contributed by atoms with van der Waals surface area (Å²) in [5.41, 5.74) is 2.98. The van der Waals surface area contributed by atoms with E-state index in [-0.39, 0.29) is 23.2 Å². The van der Waals surface area contributed by atoms with Crippen molar-refractivity contribution in [3.63, 3.8) is 0 Å². The summed E-state index contributed by atoms with van der Waals surface area (Å²) in [5.74, 6) is -0.559. The lowest BCUT2D eigenvalue weighted by Crippen LogP contribution is -2.22. The molecule has 3 N–H and O–H groups in total. The summed E-state index contributed by atoms with van der Waals surface area (Å²) in [7, 11) is -3.75. The Bertz CT molecular complexity index is 1340. The summed E-state index contributed by atoms with van der Waals surface area (Å²) in [4.78, 5) is 18.4. The number of aryl methyl sites for hydroxylation is 1. The van der Waals surface area contributed by atoms with E-state index < -0.39 is 10.0 Å². The number of fused-ring (bicyclic) bond motifs is 1. The van der Waals surface area contributed by atoms with Gasteiger partial charge in [0.15, 0.2) is 4.96 Å². The van der Waals surface area contributed by atoms with Crippen LogP contribution in [0.2, 0.25) is 0 Å². The highest BCUT2D eigenvalue weighted by atomic mass is 32.2. The van der Waals surface area contributed by atoms with E-state index in [4.69, 9.17) is 5.14 Å². The lowest BCUT2D eigenvalue weighted by Gasteiger charge is -2.06. The number of sulfonamides is 1. The number of hydrogen-bond donors (Lipinski definition) is 2. The second-order valence-corrected chi connectivity index (χ2v) is 9.21. The highest BCUT2D eigenvalue weighted by molar-refractivity contribution is 7.89. The molecule has 0 radical (unpaired) electrons. The van der Waals surface area contributed by atoms with E-state index in [9.17, 15) is 17.6 Å². The first-order valence-corrected chi connectivity index (χ1v) is 11.2. The number of benzene rings is 2. The molecule has 0 bridgehead atoms. The van der Waals surface area contributed by atoms with Crippen LogP contribution in [0, 0.1) is 12.7 Å². The Morgan fingerprint density at radius 3 is 2.43 bits per heavy atom. The number of carbonyl (C=O) groups is 1. The number of aromatic nitrogens is 2. The van der Waals surface area contributed by atoms with Crippen LogP contribution in [0.1, 0.15) is 20.9 Å². The number of amides is 1. The van der Waals surface area contributed by atoms with Gasteiger partial charge in [-0.1, -0.05) is 23.5 Å². The Morgan fingerprint density at radius 2 is 1.83 bits per heavy atom. The van der Waals surface area contributed by atoms with Gasteiger partial charge < -0.3 is 5.32 Å². The maximum absolute atomic E-state index is 13.1. The number of halogens is 1. The average Bonchev–Trinajstić information content (AvgIpc) is 3.26. The average molecular weight is 445 g/mol. The minimum Gasteiger partial charge on any atom is -0.347 e. The van der Waals surface area contributed by atoms with Crippen LogP contribution in [0.3, 0.4) is 0 Å². The molecule has 30 heavy (non-hydrogen) atoms. The third-order valence-electron chi connectivity index (χ3n) is 4.61. The molecule has 0 aliphatic carbocycles. The van der Waals surface area contributed by atoms with Gasteiger partial charge in [0, 0.05) is 24.0 Å². The van der Waals surface area contributed by atoms with Crippen LogP contribution in [-0.2, 0) is 16.6 Å². The van der Waals surface area contributed by atoms with Crippen LogP contribution >= 0.6 is 11.3 Å². The first-order chi connectivity index (χ1) is 14.2.